The number of benzene rings is 1. The Labute approximate surface area is 174 Å². The first kappa shape index (κ1) is 21.0. The van der Waals surface area contributed by atoms with E-state index >= 15 is 0 Å². The van der Waals surface area contributed by atoms with Gasteiger partial charge in [0.15, 0.2) is 10.8 Å². The lowest BCUT2D eigenvalue weighted by molar-refractivity contribution is -0.122. The zero-order chi connectivity index (χ0) is 21.3. The standard InChI is InChI=1S/C21H25N3O4S/c1-11(2)16(24-10-13-8-6-7-9-14(13)19(24)26)18(25)23-21-22-15(20(27)28-5)17(29-21)12(3)4/h6-9,11-12,16H,10H2,1-5H3,(H,22,23,25). The molecule has 29 heavy (non-hydrogen) atoms. The van der Waals surface area contributed by atoms with Gasteiger partial charge in [0.1, 0.15) is 6.04 Å². The van der Waals surface area contributed by atoms with E-state index in [0.29, 0.717) is 17.2 Å². The lowest BCUT2D eigenvalue weighted by Crippen LogP contribution is -2.47. The zero-order valence-electron chi connectivity index (χ0n) is 17.2. The zero-order valence-corrected chi connectivity index (χ0v) is 18.0. The number of rotatable bonds is 6. The molecule has 0 bridgehead atoms. The molecule has 0 spiro atoms. The van der Waals surface area contributed by atoms with Gasteiger partial charge >= 0.3 is 5.97 Å². The van der Waals surface area contributed by atoms with Crippen LogP contribution in [0.1, 0.15) is 64.9 Å². The number of thiazole rings is 1. The molecule has 1 aliphatic rings. The van der Waals surface area contributed by atoms with Crippen LogP contribution in [0.25, 0.3) is 0 Å². The lowest BCUT2D eigenvalue weighted by atomic mass is 10.0. The Morgan fingerprint density at radius 1 is 1.21 bits per heavy atom. The Hall–Kier alpha value is -2.74. The van der Waals surface area contributed by atoms with E-state index in [1.165, 1.54) is 18.4 Å². The maximum absolute atomic E-state index is 13.1. The number of anilines is 1. The molecule has 1 aromatic carbocycles. The van der Waals surface area contributed by atoms with Crippen molar-refractivity contribution in [2.45, 2.75) is 46.2 Å². The van der Waals surface area contributed by atoms with Gasteiger partial charge in [-0.15, -0.1) is 11.3 Å². The molecule has 7 nitrogen and oxygen atoms in total. The van der Waals surface area contributed by atoms with E-state index in [1.54, 1.807) is 11.0 Å². The number of aromatic nitrogens is 1. The molecule has 0 saturated heterocycles. The number of ether oxygens (including phenoxy) is 1. The van der Waals surface area contributed by atoms with Crippen molar-refractivity contribution in [3.05, 3.63) is 46.0 Å². The molecule has 1 N–H and O–H groups in total. The number of amides is 2. The minimum Gasteiger partial charge on any atom is -0.464 e. The number of carbonyl (C=O) groups is 3. The second-order valence-corrected chi connectivity index (χ2v) is 8.68. The van der Waals surface area contributed by atoms with Crippen LogP contribution in [0, 0.1) is 5.92 Å². The summed E-state index contributed by atoms with van der Waals surface area (Å²) >= 11 is 1.25. The number of fused-ring (bicyclic) bond motifs is 1. The van der Waals surface area contributed by atoms with Crippen LogP contribution >= 0.6 is 11.3 Å². The summed E-state index contributed by atoms with van der Waals surface area (Å²) in [6, 6.07) is 6.74. The average molecular weight is 416 g/mol. The predicted octanol–water partition coefficient (Wildman–Crippen LogP) is 3.67. The highest BCUT2D eigenvalue weighted by Gasteiger charge is 2.38. The Morgan fingerprint density at radius 3 is 2.48 bits per heavy atom. The van der Waals surface area contributed by atoms with Gasteiger partial charge in [0.2, 0.25) is 5.91 Å². The molecular formula is C21H25N3O4S. The maximum atomic E-state index is 13.1. The van der Waals surface area contributed by atoms with E-state index in [1.807, 2.05) is 45.9 Å². The molecule has 3 rings (SSSR count). The minimum absolute atomic E-state index is 0.0582. The van der Waals surface area contributed by atoms with Gasteiger partial charge in [-0.2, -0.15) is 0 Å². The van der Waals surface area contributed by atoms with Gasteiger partial charge in [0.05, 0.1) is 7.11 Å². The Balaban J connectivity index is 1.85. The van der Waals surface area contributed by atoms with Crippen LogP contribution in [0.5, 0.6) is 0 Å². The Kier molecular flexibility index (Phi) is 6.02. The summed E-state index contributed by atoms with van der Waals surface area (Å²) in [7, 11) is 1.30. The van der Waals surface area contributed by atoms with Crippen molar-refractivity contribution < 1.29 is 19.1 Å². The van der Waals surface area contributed by atoms with E-state index in [0.717, 1.165) is 10.4 Å². The molecule has 1 unspecified atom stereocenters. The molecule has 0 saturated carbocycles. The normalized spacial score (nSPS) is 14.3. The van der Waals surface area contributed by atoms with Crippen molar-refractivity contribution in [2.24, 2.45) is 5.92 Å². The van der Waals surface area contributed by atoms with E-state index < -0.39 is 12.0 Å². The molecule has 1 atom stereocenters. The first-order chi connectivity index (χ1) is 13.7. The monoisotopic (exact) mass is 415 g/mol. The summed E-state index contributed by atoms with van der Waals surface area (Å²) < 4.78 is 4.80. The smallest absolute Gasteiger partial charge is 0.357 e. The van der Waals surface area contributed by atoms with E-state index in [4.69, 9.17) is 4.74 Å². The number of nitrogens with one attached hydrogen (secondary N) is 1. The quantitative estimate of drug-likeness (QED) is 0.727. The topological polar surface area (TPSA) is 88.6 Å². The summed E-state index contributed by atoms with van der Waals surface area (Å²) in [4.78, 5) is 44.6. The first-order valence-corrected chi connectivity index (χ1v) is 10.3. The third-order valence-electron chi connectivity index (χ3n) is 4.87. The molecule has 0 radical (unpaired) electrons. The second-order valence-electron chi connectivity index (χ2n) is 7.65. The van der Waals surface area contributed by atoms with Crippen molar-refractivity contribution in [3.8, 4) is 0 Å². The van der Waals surface area contributed by atoms with E-state index in [-0.39, 0.29) is 29.3 Å². The molecule has 8 heteroatoms. The Bertz CT molecular complexity index is 951. The second kappa shape index (κ2) is 8.32. The number of hydrogen-bond donors (Lipinski definition) is 1. The van der Waals surface area contributed by atoms with Gasteiger partial charge in [0.25, 0.3) is 5.91 Å². The third kappa shape index (κ3) is 4.03. The molecular weight excluding hydrogens is 390 g/mol. The molecule has 2 heterocycles. The summed E-state index contributed by atoms with van der Waals surface area (Å²) in [5, 5.41) is 3.14. The van der Waals surface area contributed by atoms with Gasteiger partial charge in [-0.05, 0) is 23.5 Å². The van der Waals surface area contributed by atoms with Crippen molar-refractivity contribution >= 4 is 34.3 Å². The van der Waals surface area contributed by atoms with Crippen molar-refractivity contribution in [1.29, 1.82) is 0 Å². The summed E-state index contributed by atoms with van der Waals surface area (Å²) in [5.74, 6) is -1.04. The number of hydrogen-bond acceptors (Lipinski definition) is 6. The highest BCUT2D eigenvalue weighted by Crippen LogP contribution is 2.32. The van der Waals surface area contributed by atoms with Crippen LogP contribution in [0.15, 0.2) is 24.3 Å². The third-order valence-corrected chi connectivity index (χ3v) is 6.14. The highest BCUT2D eigenvalue weighted by molar-refractivity contribution is 7.16. The summed E-state index contributed by atoms with van der Waals surface area (Å²) in [6.45, 7) is 8.10. The van der Waals surface area contributed by atoms with Crippen LogP contribution in [-0.2, 0) is 16.1 Å². The van der Waals surface area contributed by atoms with Gasteiger partial charge in [0, 0.05) is 17.0 Å². The fourth-order valence-corrected chi connectivity index (χ4v) is 4.46. The van der Waals surface area contributed by atoms with Gasteiger partial charge in [-0.1, -0.05) is 45.9 Å². The van der Waals surface area contributed by atoms with Crippen LogP contribution in [0.4, 0.5) is 5.13 Å². The molecule has 0 fully saturated rings. The minimum atomic E-state index is -0.650. The van der Waals surface area contributed by atoms with Crippen LogP contribution < -0.4 is 5.32 Å². The van der Waals surface area contributed by atoms with Crippen molar-refractivity contribution in [1.82, 2.24) is 9.88 Å². The Morgan fingerprint density at radius 2 is 1.90 bits per heavy atom. The first-order valence-electron chi connectivity index (χ1n) is 9.53. The molecule has 2 amide bonds. The van der Waals surface area contributed by atoms with Crippen LogP contribution in [0.3, 0.4) is 0 Å². The summed E-state index contributed by atoms with van der Waals surface area (Å²) in [6.07, 6.45) is 0. The lowest BCUT2D eigenvalue weighted by Gasteiger charge is -2.29. The van der Waals surface area contributed by atoms with Gasteiger partial charge in [-0.25, -0.2) is 9.78 Å². The average Bonchev–Trinajstić information content (AvgIpc) is 3.23. The molecule has 1 aromatic heterocycles. The predicted molar refractivity (Wildman–Crippen MR) is 111 cm³/mol. The van der Waals surface area contributed by atoms with E-state index in [9.17, 15) is 14.4 Å². The van der Waals surface area contributed by atoms with Gasteiger partial charge in [-0.3, -0.25) is 9.59 Å². The molecule has 1 aliphatic heterocycles. The van der Waals surface area contributed by atoms with Gasteiger partial charge < -0.3 is 15.0 Å². The fourth-order valence-electron chi connectivity index (χ4n) is 3.50. The number of methoxy groups -OCH3 is 1. The van der Waals surface area contributed by atoms with E-state index in [2.05, 4.69) is 10.3 Å². The number of carbonyl (C=O) groups excluding carboxylic acids is 3. The van der Waals surface area contributed by atoms with Crippen LogP contribution in [-0.4, -0.2) is 40.8 Å². The molecule has 2 aromatic rings. The largest absolute Gasteiger partial charge is 0.464 e. The SMILES string of the molecule is COC(=O)c1nc(NC(=O)C(C(C)C)N2Cc3ccccc3C2=O)sc1C(C)C. The van der Waals surface area contributed by atoms with Crippen molar-refractivity contribution in [2.75, 3.05) is 12.4 Å². The number of nitrogens with zero attached hydrogens (tertiary/aromatic N) is 2. The van der Waals surface area contributed by atoms with Crippen LogP contribution in [0.2, 0.25) is 0 Å². The highest BCUT2D eigenvalue weighted by atomic mass is 32.1. The fraction of sp³-hybridized carbons (Fsp3) is 0.429. The molecule has 154 valence electrons. The number of esters is 1. The summed E-state index contributed by atoms with van der Waals surface area (Å²) in [5.41, 5.74) is 1.77. The molecule has 0 aliphatic carbocycles. The van der Waals surface area contributed by atoms with Crippen molar-refractivity contribution in [3.63, 3.8) is 0 Å². The maximum Gasteiger partial charge on any atom is 0.357 e.